The van der Waals surface area contributed by atoms with Crippen LogP contribution in [0.2, 0.25) is 0 Å². The summed E-state index contributed by atoms with van der Waals surface area (Å²) >= 11 is 0. The van der Waals surface area contributed by atoms with E-state index in [0.29, 0.717) is 0 Å². The van der Waals surface area contributed by atoms with Crippen LogP contribution in [0.4, 0.5) is 14.5 Å². The summed E-state index contributed by atoms with van der Waals surface area (Å²) in [5.74, 6) is -1.29. The number of halogens is 2. The van der Waals surface area contributed by atoms with Gasteiger partial charge in [-0.05, 0) is 29.3 Å². The molecule has 1 fully saturated rings. The summed E-state index contributed by atoms with van der Waals surface area (Å²) in [5.41, 5.74) is 5.43. The first kappa shape index (κ1) is 12.9. The Balaban J connectivity index is 1.96. The molecule has 106 valence electrons. The summed E-state index contributed by atoms with van der Waals surface area (Å²) in [4.78, 5) is 0. The molecule has 6 nitrogen and oxygen atoms in total. The highest BCUT2D eigenvalue weighted by Crippen LogP contribution is 2.36. The molecule has 1 aliphatic carbocycles. The monoisotopic (exact) mass is 281 g/mol. The van der Waals surface area contributed by atoms with Crippen LogP contribution in [0, 0.1) is 11.6 Å². The predicted octanol–water partition coefficient (Wildman–Crippen LogP) is 1.55. The topological polar surface area (TPSA) is 78.8 Å². The molecule has 1 aromatic carbocycles. The van der Waals surface area contributed by atoms with E-state index in [1.54, 1.807) is 7.11 Å². The maximum absolute atomic E-state index is 13.9. The highest BCUT2D eigenvalue weighted by molar-refractivity contribution is 5.62. The van der Waals surface area contributed by atoms with Crippen LogP contribution in [0.3, 0.4) is 0 Å². The molecular weight excluding hydrogens is 268 g/mol. The number of tetrazole rings is 1. The molecule has 1 saturated carbocycles. The predicted molar refractivity (Wildman–Crippen MR) is 66.6 cm³/mol. The zero-order valence-corrected chi connectivity index (χ0v) is 10.8. The molecule has 0 aliphatic heterocycles. The Hall–Kier alpha value is -2.09. The highest BCUT2D eigenvalue weighted by atomic mass is 19.1. The van der Waals surface area contributed by atoms with Crippen LogP contribution in [0.15, 0.2) is 12.1 Å². The van der Waals surface area contributed by atoms with Crippen molar-refractivity contribution in [3.8, 4) is 11.4 Å². The van der Waals surface area contributed by atoms with E-state index in [9.17, 15) is 8.78 Å². The third-order valence-corrected chi connectivity index (χ3v) is 3.57. The first-order chi connectivity index (χ1) is 9.60. The number of methoxy groups -OCH3 is 1. The third-order valence-electron chi connectivity index (χ3n) is 3.57. The molecule has 0 unspecified atom stereocenters. The Morgan fingerprint density at radius 2 is 2.05 bits per heavy atom. The van der Waals surface area contributed by atoms with E-state index in [2.05, 4.69) is 15.5 Å². The van der Waals surface area contributed by atoms with Crippen molar-refractivity contribution in [2.75, 3.05) is 12.8 Å². The van der Waals surface area contributed by atoms with Gasteiger partial charge in [-0.2, -0.15) is 0 Å². The average molecular weight is 281 g/mol. The summed E-state index contributed by atoms with van der Waals surface area (Å²) in [7, 11) is 1.64. The Labute approximate surface area is 113 Å². The highest BCUT2D eigenvalue weighted by Gasteiger charge is 2.33. The Kier molecular flexibility index (Phi) is 3.09. The fourth-order valence-electron chi connectivity index (χ4n) is 2.28. The lowest BCUT2D eigenvalue weighted by Gasteiger charge is -2.34. The number of nitrogen functional groups attached to an aromatic ring is 1. The number of benzene rings is 1. The fraction of sp³-hybridized carbons (Fsp3) is 0.417. The van der Waals surface area contributed by atoms with Gasteiger partial charge in [0.15, 0.2) is 5.82 Å². The Morgan fingerprint density at radius 3 is 2.75 bits per heavy atom. The largest absolute Gasteiger partial charge is 0.396 e. The lowest BCUT2D eigenvalue weighted by molar-refractivity contribution is 0.00246. The van der Waals surface area contributed by atoms with Gasteiger partial charge in [0.2, 0.25) is 0 Å². The minimum absolute atomic E-state index is 0.0515. The van der Waals surface area contributed by atoms with Crippen LogP contribution in [0.25, 0.3) is 11.4 Å². The quantitative estimate of drug-likeness (QED) is 0.863. The van der Waals surface area contributed by atoms with Gasteiger partial charge in [0.05, 0.1) is 23.4 Å². The second kappa shape index (κ2) is 4.78. The first-order valence-electron chi connectivity index (χ1n) is 6.15. The normalized spacial score (nSPS) is 21.8. The molecule has 0 bridgehead atoms. The van der Waals surface area contributed by atoms with Crippen LogP contribution in [-0.4, -0.2) is 33.4 Å². The number of aromatic nitrogens is 4. The molecule has 2 aromatic rings. The van der Waals surface area contributed by atoms with E-state index in [0.717, 1.165) is 18.9 Å². The number of hydrogen-bond acceptors (Lipinski definition) is 5. The van der Waals surface area contributed by atoms with E-state index < -0.39 is 11.6 Å². The number of anilines is 1. The van der Waals surface area contributed by atoms with Crippen LogP contribution < -0.4 is 5.73 Å². The van der Waals surface area contributed by atoms with E-state index in [1.807, 2.05) is 0 Å². The Morgan fingerprint density at radius 1 is 1.30 bits per heavy atom. The number of nitrogens with two attached hydrogens (primary N) is 1. The van der Waals surface area contributed by atoms with Crippen molar-refractivity contribution >= 4 is 5.69 Å². The summed E-state index contributed by atoms with van der Waals surface area (Å²) in [6, 6.07) is 2.00. The second-order valence-corrected chi connectivity index (χ2v) is 4.78. The maximum Gasteiger partial charge on any atom is 0.185 e. The molecule has 20 heavy (non-hydrogen) atoms. The first-order valence-corrected chi connectivity index (χ1v) is 6.15. The minimum Gasteiger partial charge on any atom is -0.396 e. The van der Waals surface area contributed by atoms with Crippen molar-refractivity contribution < 1.29 is 13.5 Å². The summed E-state index contributed by atoms with van der Waals surface area (Å²) in [6.07, 6.45) is 1.68. The molecule has 0 atom stereocenters. The molecule has 8 heteroatoms. The smallest absolute Gasteiger partial charge is 0.185 e. The standard InChI is InChI=1S/C12H13F2N5O/c1-20-7-2-6(3-7)19-12(16-17-18-19)8-4-11(15)10(14)5-9(8)13/h4-7H,2-3,15H2,1H3. The van der Waals surface area contributed by atoms with Gasteiger partial charge in [-0.15, -0.1) is 5.10 Å². The summed E-state index contributed by atoms with van der Waals surface area (Å²) < 4.78 is 33.8. The van der Waals surface area contributed by atoms with Crippen LogP contribution in [0.5, 0.6) is 0 Å². The van der Waals surface area contributed by atoms with Crippen LogP contribution >= 0.6 is 0 Å². The molecule has 0 amide bonds. The lowest BCUT2D eigenvalue weighted by Crippen LogP contribution is -2.33. The number of ether oxygens (including phenoxy) is 1. The molecule has 1 aliphatic rings. The van der Waals surface area contributed by atoms with Crippen LogP contribution in [0.1, 0.15) is 18.9 Å². The number of rotatable bonds is 3. The second-order valence-electron chi connectivity index (χ2n) is 4.78. The van der Waals surface area contributed by atoms with E-state index in [1.165, 1.54) is 10.7 Å². The summed E-state index contributed by atoms with van der Waals surface area (Å²) in [5, 5.41) is 11.3. The molecule has 3 rings (SSSR count). The molecule has 1 aromatic heterocycles. The fourth-order valence-corrected chi connectivity index (χ4v) is 2.28. The van der Waals surface area contributed by atoms with Crippen molar-refractivity contribution in [3.63, 3.8) is 0 Å². The molecule has 0 spiro atoms. The van der Waals surface area contributed by atoms with Crippen molar-refractivity contribution in [2.45, 2.75) is 25.0 Å². The van der Waals surface area contributed by atoms with Gasteiger partial charge < -0.3 is 10.5 Å². The Bertz CT molecular complexity index is 639. The van der Waals surface area contributed by atoms with Gasteiger partial charge in [0.25, 0.3) is 0 Å². The number of hydrogen-bond donors (Lipinski definition) is 1. The van der Waals surface area contributed by atoms with E-state index >= 15 is 0 Å². The summed E-state index contributed by atoms with van der Waals surface area (Å²) in [6.45, 7) is 0. The van der Waals surface area contributed by atoms with Crippen molar-refractivity contribution in [1.29, 1.82) is 0 Å². The molecule has 0 radical (unpaired) electrons. The van der Waals surface area contributed by atoms with Gasteiger partial charge in [0.1, 0.15) is 11.6 Å². The van der Waals surface area contributed by atoms with E-state index in [4.69, 9.17) is 10.5 Å². The minimum atomic E-state index is -0.798. The zero-order valence-electron chi connectivity index (χ0n) is 10.8. The molecule has 0 saturated heterocycles. The van der Waals surface area contributed by atoms with Gasteiger partial charge in [-0.3, -0.25) is 0 Å². The van der Waals surface area contributed by atoms with Gasteiger partial charge in [-0.25, -0.2) is 13.5 Å². The van der Waals surface area contributed by atoms with Gasteiger partial charge in [0, 0.05) is 13.2 Å². The molecule has 2 N–H and O–H groups in total. The van der Waals surface area contributed by atoms with Crippen LogP contribution in [-0.2, 0) is 4.74 Å². The van der Waals surface area contributed by atoms with Crippen molar-refractivity contribution in [3.05, 3.63) is 23.8 Å². The number of nitrogens with zero attached hydrogens (tertiary/aromatic N) is 4. The SMILES string of the molecule is COC1CC(n2nnnc2-c2cc(N)c(F)cc2F)C1. The maximum atomic E-state index is 13.9. The van der Waals surface area contributed by atoms with Gasteiger partial charge >= 0.3 is 0 Å². The molecular formula is C12H13F2N5O. The zero-order chi connectivity index (χ0) is 14.3. The van der Waals surface area contributed by atoms with E-state index in [-0.39, 0.29) is 29.2 Å². The van der Waals surface area contributed by atoms with Gasteiger partial charge in [-0.1, -0.05) is 0 Å². The van der Waals surface area contributed by atoms with Crippen molar-refractivity contribution in [2.24, 2.45) is 0 Å². The molecule has 1 heterocycles. The van der Waals surface area contributed by atoms with Crippen molar-refractivity contribution in [1.82, 2.24) is 20.2 Å². The average Bonchev–Trinajstić information content (AvgIpc) is 2.81. The lowest BCUT2D eigenvalue weighted by atomic mass is 9.89. The third kappa shape index (κ3) is 2.01.